The van der Waals surface area contributed by atoms with Gasteiger partial charge in [-0.2, -0.15) is 0 Å². The predicted octanol–water partition coefficient (Wildman–Crippen LogP) is 13.3. The molecule has 5 aliphatic rings. The Morgan fingerprint density at radius 1 is 0.860 bits per heavy atom. The number of carbonyl (C=O) groups excluding carboxylic acids is 1. The highest BCUT2D eigenvalue weighted by Gasteiger charge is 2.59. The number of fused-ring (bicyclic) bond motifs is 5. The molecule has 0 N–H and O–H groups in total. The maximum absolute atomic E-state index is 12.8. The fraction of sp³-hybridized carbons (Fsp3) is 0.809. The van der Waals surface area contributed by atoms with Gasteiger partial charge < -0.3 is 9.47 Å². The molecule has 50 heavy (non-hydrogen) atoms. The number of epoxide rings is 1. The van der Waals surface area contributed by atoms with Crippen molar-refractivity contribution in [1.82, 2.24) is 0 Å². The highest BCUT2D eigenvalue weighted by Crippen LogP contribution is 2.67. The molecule has 0 amide bonds. The van der Waals surface area contributed by atoms with E-state index in [9.17, 15) is 4.79 Å². The zero-order valence-corrected chi connectivity index (χ0v) is 33.3. The van der Waals surface area contributed by atoms with Gasteiger partial charge in [-0.3, -0.25) is 4.79 Å². The Kier molecular flexibility index (Phi) is 15.0. The minimum Gasteiger partial charge on any atom is -0.462 e. The van der Waals surface area contributed by atoms with Gasteiger partial charge in [-0.1, -0.05) is 122 Å². The van der Waals surface area contributed by atoms with E-state index in [0.29, 0.717) is 29.5 Å². The van der Waals surface area contributed by atoms with Crippen molar-refractivity contribution in [1.29, 1.82) is 0 Å². The van der Waals surface area contributed by atoms with Crippen molar-refractivity contribution in [2.75, 3.05) is 0 Å². The Hall–Kier alpha value is -1.61. The van der Waals surface area contributed by atoms with Gasteiger partial charge in [0.1, 0.15) is 6.10 Å². The molecular weight excluding hydrogens is 613 g/mol. The lowest BCUT2D eigenvalue weighted by Gasteiger charge is -2.58. The van der Waals surface area contributed by atoms with Crippen LogP contribution in [0.3, 0.4) is 0 Å². The van der Waals surface area contributed by atoms with Crippen LogP contribution in [0, 0.1) is 46.3 Å². The van der Waals surface area contributed by atoms with Crippen molar-refractivity contribution in [3.05, 3.63) is 48.1 Å². The number of rotatable bonds is 20. The predicted molar refractivity (Wildman–Crippen MR) is 211 cm³/mol. The highest BCUT2D eigenvalue weighted by atomic mass is 16.6. The fourth-order valence-electron chi connectivity index (χ4n) is 11.4. The van der Waals surface area contributed by atoms with Gasteiger partial charge in [0.2, 0.25) is 0 Å². The van der Waals surface area contributed by atoms with E-state index in [1.165, 1.54) is 83.5 Å². The smallest absolute Gasteiger partial charge is 0.306 e. The standard InChI is InChI=1S/C47H76O3/c1-7-8-9-10-11-12-13-14-17-23-43-44(50-43)24-18-15-16-19-25-45(48)49-38-30-32-46(5)37(34-38)26-27-39-41-29-28-40(36(4)22-20-21-35(2)3)47(41,6)33-31-42(39)46/h11-12,14-15,17-18,26,35-36,38-44H,7-10,13,16,19-25,27-34H2,1-6H3/b12-11-,17-14-,18-15-/t36-,38+,39+,40-,41+,42+,43?,44?,46+,47-/m1/s1. The second-order valence-electron chi connectivity index (χ2n) is 18.4. The summed E-state index contributed by atoms with van der Waals surface area (Å²) in [5.74, 6) is 5.19. The maximum atomic E-state index is 12.8. The SMILES string of the molecule is CCCCC/C=C\C/C=C\CC1OC1C/C=C\CCCC(=O)O[C@H]1CC[C@@]2(C)C(=CC[C@H]3[C@@H]4CC[C@H]([C@H](C)CCCC(C)C)[C@@]4(C)CC[C@@H]32)C1. The molecule has 4 aliphatic carbocycles. The van der Waals surface area contributed by atoms with Gasteiger partial charge in [-0.25, -0.2) is 0 Å². The van der Waals surface area contributed by atoms with Crippen molar-refractivity contribution in [2.45, 2.75) is 195 Å². The van der Waals surface area contributed by atoms with E-state index in [2.05, 4.69) is 84.1 Å². The summed E-state index contributed by atoms with van der Waals surface area (Å²) in [5.41, 5.74) is 2.47. The molecule has 1 heterocycles. The molecule has 5 rings (SSSR count). The van der Waals surface area contributed by atoms with E-state index in [0.717, 1.165) is 80.5 Å². The summed E-state index contributed by atoms with van der Waals surface area (Å²) in [6, 6.07) is 0. The molecule has 1 aliphatic heterocycles. The average molecular weight is 689 g/mol. The third-order valence-corrected chi connectivity index (χ3v) is 14.5. The molecule has 0 aromatic heterocycles. The van der Waals surface area contributed by atoms with E-state index in [1.807, 2.05) is 0 Å². The van der Waals surface area contributed by atoms with Crippen LogP contribution in [0.1, 0.15) is 176 Å². The molecule has 0 aromatic carbocycles. The first-order valence-corrected chi connectivity index (χ1v) is 21.6. The van der Waals surface area contributed by atoms with Crippen LogP contribution in [0.15, 0.2) is 48.1 Å². The second-order valence-corrected chi connectivity index (χ2v) is 18.4. The highest BCUT2D eigenvalue weighted by molar-refractivity contribution is 5.69. The van der Waals surface area contributed by atoms with E-state index < -0.39 is 0 Å². The Bertz CT molecular complexity index is 1180. The topological polar surface area (TPSA) is 38.8 Å². The van der Waals surface area contributed by atoms with Gasteiger partial charge in [0.05, 0.1) is 12.2 Å². The number of unbranched alkanes of at least 4 members (excludes halogenated alkanes) is 4. The Morgan fingerprint density at radius 3 is 2.38 bits per heavy atom. The molecule has 3 saturated carbocycles. The summed E-state index contributed by atoms with van der Waals surface area (Å²) in [6.45, 7) is 14.9. The van der Waals surface area contributed by atoms with Gasteiger partial charge in [-0.05, 0) is 136 Å². The van der Waals surface area contributed by atoms with Gasteiger partial charge in [-0.15, -0.1) is 0 Å². The lowest BCUT2D eigenvalue weighted by Crippen LogP contribution is -2.51. The number of carbonyl (C=O) groups is 1. The van der Waals surface area contributed by atoms with Crippen LogP contribution < -0.4 is 0 Å². The molecule has 1 saturated heterocycles. The van der Waals surface area contributed by atoms with E-state index in [-0.39, 0.29) is 12.1 Å². The lowest BCUT2D eigenvalue weighted by molar-refractivity contribution is -0.151. The molecule has 4 fully saturated rings. The Balaban J connectivity index is 0.971. The zero-order valence-electron chi connectivity index (χ0n) is 33.3. The molecule has 10 atom stereocenters. The van der Waals surface area contributed by atoms with Crippen LogP contribution in [-0.2, 0) is 14.3 Å². The average Bonchev–Trinajstić information content (AvgIpc) is 3.73. The summed E-state index contributed by atoms with van der Waals surface area (Å²) in [6.07, 6.45) is 42.0. The first kappa shape index (κ1) is 39.6. The number of allylic oxidation sites excluding steroid dienone is 5. The number of hydrogen-bond donors (Lipinski definition) is 0. The molecule has 0 spiro atoms. The summed E-state index contributed by atoms with van der Waals surface area (Å²) in [7, 11) is 0. The largest absolute Gasteiger partial charge is 0.462 e. The van der Waals surface area contributed by atoms with Crippen molar-refractivity contribution >= 4 is 5.97 Å². The number of esters is 1. The monoisotopic (exact) mass is 689 g/mol. The molecule has 3 heteroatoms. The van der Waals surface area contributed by atoms with E-state index in [1.54, 1.807) is 5.57 Å². The van der Waals surface area contributed by atoms with Gasteiger partial charge in [0.25, 0.3) is 0 Å². The van der Waals surface area contributed by atoms with Crippen molar-refractivity contribution < 1.29 is 14.3 Å². The van der Waals surface area contributed by atoms with Crippen LogP contribution >= 0.6 is 0 Å². The lowest BCUT2D eigenvalue weighted by atomic mass is 9.47. The molecule has 2 unspecified atom stereocenters. The number of hydrogen-bond acceptors (Lipinski definition) is 3. The summed E-state index contributed by atoms with van der Waals surface area (Å²) in [4.78, 5) is 12.8. The Labute approximate surface area is 308 Å². The van der Waals surface area contributed by atoms with Crippen molar-refractivity contribution in [3.63, 3.8) is 0 Å². The first-order chi connectivity index (χ1) is 24.2. The minimum atomic E-state index is 0.00224. The quantitative estimate of drug-likeness (QED) is 0.0553. The molecule has 0 bridgehead atoms. The van der Waals surface area contributed by atoms with Crippen LogP contribution in [-0.4, -0.2) is 24.3 Å². The molecular formula is C47H76O3. The van der Waals surface area contributed by atoms with Gasteiger partial charge in [0.15, 0.2) is 0 Å². The molecule has 0 radical (unpaired) electrons. The van der Waals surface area contributed by atoms with Crippen LogP contribution in [0.4, 0.5) is 0 Å². The van der Waals surface area contributed by atoms with Crippen LogP contribution in [0.2, 0.25) is 0 Å². The summed E-state index contributed by atoms with van der Waals surface area (Å²) in [5, 5.41) is 0. The van der Waals surface area contributed by atoms with Gasteiger partial charge in [0, 0.05) is 12.8 Å². The summed E-state index contributed by atoms with van der Waals surface area (Å²) < 4.78 is 12.0. The summed E-state index contributed by atoms with van der Waals surface area (Å²) >= 11 is 0. The van der Waals surface area contributed by atoms with Crippen molar-refractivity contribution in [2.24, 2.45) is 46.3 Å². The molecule has 3 nitrogen and oxygen atoms in total. The Morgan fingerprint density at radius 2 is 1.60 bits per heavy atom. The van der Waals surface area contributed by atoms with E-state index in [4.69, 9.17) is 9.47 Å². The first-order valence-electron chi connectivity index (χ1n) is 21.6. The van der Waals surface area contributed by atoms with Crippen molar-refractivity contribution in [3.8, 4) is 0 Å². The molecule has 0 aromatic rings. The van der Waals surface area contributed by atoms with Crippen LogP contribution in [0.25, 0.3) is 0 Å². The normalized spacial score (nSPS) is 35.7. The fourth-order valence-corrected chi connectivity index (χ4v) is 11.4. The van der Waals surface area contributed by atoms with Crippen LogP contribution in [0.5, 0.6) is 0 Å². The third-order valence-electron chi connectivity index (χ3n) is 14.5. The van der Waals surface area contributed by atoms with Gasteiger partial charge >= 0.3 is 5.97 Å². The molecule has 282 valence electrons. The third kappa shape index (κ3) is 10.3. The minimum absolute atomic E-state index is 0.00224. The van der Waals surface area contributed by atoms with E-state index >= 15 is 0 Å². The second kappa shape index (κ2) is 18.9. The number of ether oxygens (including phenoxy) is 2. The zero-order chi connectivity index (χ0) is 35.6. The maximum Gasteiger partial charge on any atom is 0.306 e.